The van der Waals surface area contributed by atoms with Crippen molar-refractivity contribution in [3.8, 4) is 0 Å². The van der Waals surface area contributed by atoms with Crippen molar-refractivity contribution in [3.05, 3.63) is 42.5 Å². The van der Waals surface area contributed by atoms with Crippen molar-refractivity contribution in [2.24, 2.45) is 0 Å². The summed E-state index contributed by atoms with van der Waals surface area (Å²) in [7, 11) is -3.31. The van der Waals surface area contributed by atoms with Gasteiger partial charge >= 0.3 is 6.03 Å². The van der Waals surface area contributed by atoms with Gasteiger partial charge in [0.25, 0.3) is 0 Å². The molecule has 0 bridgehead atoms. The number of anilines is 1. The van der Waals surface area contributed by atoms with Crippen molar-refractivity contribution >= 4 is 21.7 Å². The number of hydrogen-bond donors (Lipinski definition) is 3. The first kappa shape index (κ1) is 18.0. The van der Waals surface area contributed by atoms with E-state index in [0.717, 1.165) is 24.7 Å². The number of amides is 2. The Labute approximate surface area is 132 Å². The quantitative estimate of drug-likeness (QED) is 0.640. The zero-order chi connectivity index (χ0) is 16.6. The van der Waals surface area contributed by atoms with Gasteiger partial charge in [0.05, 0.1) is 6.26 Å². The monoisotopic (exact) mass is 325 g/mol. The number of sulfonamides is 1. The molecule has 122 valence electrons. The van der Waals surface area contributed by atoms with Gasteiger partial charge in [-0.2, -0.15) is 0 Å². The van der Waals surface area contributed by atoms with Gasteiger partial charge in [0.15, 0.2) is 0 Å². The number of nitrogens with one attached hydrogen (secondary N) is 3. The van der Waals surface area contributed by atoms with Crippen LogP contribution in [-0.2, 0) is 16.6 Å². The van der Waals surface area contributed by atoms with E-state index in [2.05, 4.69) is 21.9 Å². The molecule has 0 aromatic heterocycles. The maximum absolute atomic E-state index is 11.8. The van der Waals surface area contributed by atoms with Crippen LogP contribution in [0, 0.1) is 0 Å². The topological polar surface area (TPSA) is 87.3 Å². The van der Waals surface area contributed by atoms with Crippen molar-refractivity contribution < 1.29 is 13.2 Å². The summed E-state index contributed by atoms with van der Waals surface area (Å²) in [5.74, 6) is 0. The highest BCUT2D eigenvalue weighted by atomic mass is 32.2. The summed E-state index contributed by atoms with van der Waals surface area (Å²) in [6, 6.07) is 6.69. The second-order valence-electron chi connectivity index (χ2n) is 5.03. The molecule has 7 heteroatoms. The largest absolute Gasteiger partial charge is 0.335 e. The van der Waals surface area contributed by atoms with E-state index in [4.69, 9.17) is 0 Å². The van der Waals surface area contributed by atoms with Crippen LogP contribution in [0.1, 0.15) is 25.3 Å². The molecule has 0 saturated carbocycles. The molecule has 6 nitrogen and oxygen atoms in total. The molecule has 3 N–H and O–H groups in total. The van der Waals surface area contributed by atoms with Gasteiger partial charge in [-0.15, -0.1) is 6.58 Å². The minimum absolute atomic E-state index is 0.0655. The molecule has 1 rings (SSSR count). The Morgan fingerprint density at radius 1 is 1.41 bits per heavy atom. The van der Waals surface area contributed by atoms with E-state index in [1.165, 1.54) is 0 Å². The Hall–Kier alpha value is -2.02. The lowest BCUT2D eigenvalue weighted by molar-refractivity contribution is 0.236. The number of hydrogen-bond acceptors (Lipinski definition) is 3. The predicted molar refractivity (Wildman–Crippen MR) is 89.2 cm³/mol. The number of urea groups is 1. The molecule has 2 amide bonds. The third-order valence-corrected chi connectivity index (χ3v) is 3.57. The highest BCUT2D eigenvalue weighted by Gasteiger charge is 2.08. The molecule has 0 aliphatic rings. The lowest BCUT2D eigenvalue weighted by atomic mass is 10.1. The first-order valence-electron chi connectivity index (χ1n) is 7.06. The molecule has 0 radical (unpaired) electrons. The number of carbonyl (C=O) groups is 1. The maximum Gasteiger partial charge on any atom is 0.315 e. The van der Waals surface area contributed by atoms with Crippen molar-refractivity contribution in [1.82, 2.24) is 10.6 Å². The molecule has 1 aromatic carbocycles. The van der Waals surface area contributed by atoms with Gasteiger partial charge in [-0.25, -0.2) is 13.2 Å². The minimum atomic E-state index is -3.31. The average molecular weight is 325 g/mol. The normalized spacial score (nSPS) is 12.3. The maximum atomic E-state index is 11.8. The van der Waals surface area contributed by atoms with Crippen molar-refractivity contribution in [2.75, 3.05) is 11.0 Å². The second kappa shape index (κ2) is 8.43. The van der Waals surface area contributed by atoms with Crippen LogP contribution in [0.15, 0.2) is 36.9 Å². The van der Waals surface area contributed by atoms with Crippen LogP contribution >= 0.6 is 0 Å². The average Bonchev–Trinajstić information content (AvgIpc) is 2.43. The van der Waals surface area contributed by atoms with Gasteiger partial charge in [0, 0.05) is 18.3 Å². The summed E-state index contributed by atoms with van der Waals surface area (Å²) < 4.78 is 24.8. The Morgan fingerprint density at radius 2 is 2.14 bits per heavy atom. The third-order valence-electron chi connectivity index (χ3n) is 2.96. The number of carbonyl (C=O) groups excluding carboxylic acids is 1. The van der Waals surface area contributed by atoms with Gasteiger partial charge in [0.2, 0.25) is 10.0 Å². The molecule has 0 heterocycles. The Morgan fingerprint density at radius 3 is 2.73 bits per heavy atom. The smallest absolute Gasteiger partial charge is 0.315 e. The SMILES string of the molecule is C=CC[C@@H](CC)NC(=O)NCc1cccc(NS(C)(=O)=O)c1. The molecule has 22 heavy (non-hydrogen) atoms. The third kappa shape index (κ3) is 7.12. The summed E-state index contributed by atoms with van der Waals surface area (Å²) >= 11 is 0. The number of benzene rings is 1. The summed E-state index contributed by atoms with van der Waals surface area (Å²) in [5.41, 5.74) is 1.28. The Bertz CT molecular complexity index is 614. The molecule has 0 aliphatic heterocycles. The first-order valence-corrected chi connectivity index (χ1v) is 8.95. The van der Waals surface area contributed by atoms with Gasteiger partial charge in [0.1, 0.15) is 0 Å². The zero-order valence-electron chi connectivity index (χ0n) is 12.9. The second-order valence-corrected chi connectivity index (χ2v) is 6.78. The Balaban J connectivity index is 2.55. The minimum Gasteiger partial charge on any atom is -0.335 e. The molecular formula is C15H23N3O3S. The van der Waals surface area contributed by atoms with Crippen LogP contribution in [-0.4, -0.2) is 26.7 Å². The lowest BCUT2D eigenvalue weighted by Gasteiger charge is -2.16. The van der Waals surface area contributed by atoms with Gasteiger partial charge in [-0.3, -0.25) is 4.72 Å². The number of rotatable bonds is 8. The molecule has 1 aromatic rings. The fourth-order valence-electron chi connectivity index (χ4n) is 1.91. The van der Waals surface area contributed by atoms with Gasteiger partial charge < -0.3 is 10.6 Å². The fraction of sp³-hybridized carbons (Fsp3) is 0.400. The summed E-state index contributed by atoms with van der Waals surface area (Å²) in [6.45, 7) is 5.97. The van der Waals surface area contributed by atoms with E-state index in [0.29, 0.717) is 12.2 Å². The van der Waals surface area contributed by atoms with Crippen molar-refractivity contribution in [2.45, 2.75) is 32.4 Å². The van der Waals surface area contributed by atoms with Crippen molar-refractivity contribution in [3.63, 3.8) is 0 Å². The lowest BCUT2D eigenvalue weighted by Crippen LogP contribution is -2.41. The molecule has 0 unspecified atom stereocenters. The first-order chi connectivity index (χ1) is 10.3. The fourth-order valence-corrected chi connectivity index (χ4v) is 2.46. The molecule has 0 saturated heterocycles. The summed E-state index contributed by atoms with van der Waals surface area (Å²) in [5, 5.41) is 5.61. The summed E-state index contributed by atoms with van der Waals surface area (Å²) in [4.78, 5) is 11.8. The van der Waals surface area contributed by atoms with E-state index in [1.807, 2.05) is 13.0 Å². The molecule has 1 atom stereocenters. The van der Waals surface area contributed by atoms with E-state index >= 15 is 0 Å². The van der Waals surface area contributed by atoms with Crippen LogP contribution in [0.25, 0.3) is 0 Å². The predicted octanol–water partition coefficient (Wildman–Crippen LogP) is 2.21. The van der Waals surface area contributed by atoms with Crippen LogP contribution < -0.4 is 15.4 Å². The zero-order valence-corrected chi connectivity index (χ0v) is 13.7. The molecule has 0 aliphatic carbocycles. The van der Waals surface area contributed by atoms with E-state index < -0.39 is 10.0 Å². The van der Waals surface area contributed by atoms with Gasteiger partial charge in [-0.1, -0.05) is 25.1 Å². The van der Waals surface area contributed by atoms with E-state index in [9.17, 15) is 13.2 Å². The molecule has 0 fully saturated rings. The van der Waals surface area contributed by atoms with E-state index in [-0.39, 0.29) is 12.1 Å². The van der Waals surface area contributed by atoms with Crippen molar-refractivity contribution in [1.29, 1.82) is 0 Å². The van der Waals surface area contributed by atoms with E-state index in [1.54, 1.807) is 24.3 Å². The standard InChI is InChI=1S/C15H23N3O3S/c1-4-7-13(5-2)17-15(19)16-11-12-8-6-9-14(10-12)18-22(3,20)21/h4,6,8-10,13,18H,1,5,7,11H2,2-3H3,(H2,16,17,19)/t13-/m1/s1. The summed E-state index contributed by atoms with van der Waals surface area (Å²) in [6.07, 6.45) is 4.41. The highest BCUT2D eigenvalue weighted by Crippen LogP contribution is 2.11. The molecule has 0 spiro atoms. The molecular weight excluding hydrogens is 302 g/mol. The Kier molecular flexibility index (Phi) is 6.91. The van der Waals surface area contributed by atoms with Gasteiger partial charge in [-0.05, 0) is 30.5 Å². The van der Waals surface area contributed by atoms with Crippen LogP contribution in [0.3, 0.4) is 0 Å². The highest BCUT2D eigenvalue weighted by molar-refractivity contribution is 7.92. The van der Waals surface area contributed by atoms with Crippen LogP contribution in [0.2, 0.25) is 0 Å². The van der Waals surface area contributed by atoms with Crippen LogP contribution in [0.5, 0.6) is 0 Å². The van der Waals surface area contributed by atoms with Crippen LogP contribution in [0.4, 0.5) is 10.5 Å².